The fourth-order valence-corrected chi connectivity index (χ4v) is 2.29. The summed E-state index contributed by atoms with van der Waals surface area (Å²) in [6.07, 6.45) is 4.48. The molecule has 0 aliphatic rings. The van der Waals surface area contributed by atoms with Crippen molar-refractivity contribution in [2.45, 2.75) is 20.3 Å². The summed E-state index contributed by atoms with van der Waals surface area (Å²) in [5, 5.41) is 3.24. The molecule has 96 valence electrons. The minimum absolute atomic E-state index is 0.651. The van der Waals surface area contributed by atoms with Gasteiger partial charge in [0, 0.05) is 26.0 Å². The molecular weight excluding hydrogens is 294 g/mol. The Morgan fingerprint density at radius 1 is 1.33 bits per heavy atom. The van der Waals surface area contributed by atoms with Crippen LogP contribution in [0.25, 0.3) is 11.6 Å². The lowest BCUT2D eigenvalue weighted by Crippen LogP contribution is -2.07. The van der Waals surface area contributed by atoms with Crippen molar-refractivity contribution in [3.63, 3.8) is 0 Å². The van der Waals surface area contributed by atoms with E-state index in [9.17, 15) is 0 Å². The molecule has 0 fully saturated rings. The van der Waals surface area contributed by atoms with Crippen molar-refractivity contribution in [2.24, 2.45) is 7.05 Å². The molecule has 0 unspecified atom stereocenters. The van der Waals surface area contributed by atoms with Crippen molar-refractivity contribution < 1.29 is 0 Å². The van der Waals surface area contributed by atoms with Gasteiger partial charge in [-0.05, 0) is 29.3 Å². The van der Waals surface area contributed by atoms with E-state index < -0.39 is 0 Å². The Bertz CT molecular complexity index is 549. The van der Waals surface area contributed by atoms with Crippen LogP contribution in [-0.4, -0.2) is 26.1 Å². The molecule has 0 amide bonds. The topological polar surface area (TPSA) is 55.6 Å². The van der Waals surface area contributed by atoms with Crippen LogP contribution in [0.2, 0.25) is 0 Å². The number of halogens is 1. The largest absolute Gasteiger partial charge is 0.369 e. The third-order valence-corrected chi connectivity index (χ3v) is 3.45. The Hall–Kier alpha value is -1.43. The third-order valence-electron chi connectivity index (χ3n) is 2.62. The zero-order valence-electron chi connectivity index (χ0n) is 10.7. The van der Waals surface area contributed by atoms with Gasteiger partial charge in [-0.3, -0.25) is 0 Å². The van der Waals surface area contributed by atoms with Crippen LogP contribution >= 0.6 is 15.9 Å². The predicted molar refractivity (Wildman–Crippen MR) is 75.5 cm³/mol. The van der Waals surface area contributed by atoms with Gasteiger partial charge in [0.1, 0.15) is 5.82 Å². The second-order valence-corrected chi connectivity index (χ2v) is 4.70. The molecule has 0 bridgehead atoms. The molecule has 2 rings (SSSR count). The van der Waals surface area contributed by atoms with E-state index in [2.05, 4.69) is 43.1 Å². The highest BCUT2D eigenvalue weighted by molar-refractivity contribution is 9.10. The third kappa shape index (κ3) is 2.38. The SMILES string of the molecule is CCNc1nc(-c2nccn2C)nc(CC)c1Br. The summed E-state index contributed by atoms with van der Waals surface area (Å²) in [5.41, 5.74) is 0.985. The normalized spacial score (nSPS) is 10.7. The fraction of sp³-hybridized carbons (Fsp3) is 0.417. The number of aromatic nitrogens is 4. The van der Waals surface area contributed by atoms with Gasteiger partial charge in [0.25, 0.3) is 0 Å². The number of aryl methyl sites for hydroxylation is 2. The lowest BCUT2D eigenvalue weighted by Gasteiger charge is -2.11. The quantitative estimate of drug-likeness (QED) is 0.943. The highest BCUT2D eigenvalue weighted by Gasteiger charge is 2.14. The summed E-state index contributed by atoms with van der Waals surface area (Å²) in [7, 11) is 1.94. The molecule has 2 aromatic heterocycles. The summed E-state index contributed by atoms with van der Waals surface area (Å²) in [6, 6.07) is 0. The van der Waals surface area contributed by atoms with Gasteiger partial charge in [-0.2, -0.15) is 0 Å². The number of nitrogens with one attached hydrogen (secondary N) is 1. The van der Waals surface area contributed by atoms with Crippen LogP contribution in [-0.2, 0) is 13.5 Å². The maximum atomic E-state index is 4.56. The van der Waals surface area contributed by atoms with Gasteiger partial charge in [0.15, 0.2) is 11.6 Å². The van der Waals surface area contributed by atoms with Crippen molar-refractivity contribution in [3.05, 3.63) is 22.6 Å². The molecule has 0 aromatic carbocycles. The van der Waals surface area contributed by atoms with E-state index in [4.69, 9.17) is 0 Å². The first kappa shape index (κ1) is 13.0. The van der Waals surface area contributed by atoms with Gasteiger partial charge in [-0.25, -0.2) is 15.0 Å². The first-order chi connectivity index (χ1) is 8.67. The van der Waals surface area contributed by atoms with Crippen LogP contribution in [0.4, 0.5) is 5.82 Å². The van der Waals surface area contributed by atoms with Crippen LogP contribution in [0.5, 0.6) is 0 Å². The van der Waals surface area contributed by atoms with Crippen LogP contribution in [0.1, 0.15) is 19.5 Å². The molecule has 0 radical (unpaired) electrons. The van der Waals surface area contributed by atoms with Gasteiger partial charge in [0.2, 0.25) is 0 Å². The molecule has 6 heteroatoms. The Morgan fingerprint density at radius 2 is 2.11 bits per heavy atom. The van der Waals surface area contributed by atoms with Gasteiger partial charge in [0.05, 0.1) is 10.2 Å². The lowest BCUT2D eigenvalue weighted by molar-refractivity contribution is 0.892. The molecule has 1 N–H and O–H groups in total. The highest BCUT2D eigenvalue weighted by Crippen LogP contribution is 2.26. The molecule has 0 aliphatic carbocycles. The van der Waals surface area contributed by atoms with E-state index in [1.54, 1.807) is 6.20 Å². The maximum Gasteiger partial charge on any atom is 0.198 e. The molecule has 5 nitrogen and oxygen atoms in total. The highest BCUT2D eigenvalue weighted by atomic mass is 79.9. The van der Waals surface area contributed by atoms with E-state index >= 15 is 0 Å². The zero-order valence-corrected chi connectivity index (χ0v) is 12.3. The molecule has 0 spiro atoms. The zero-order chi connectivity index (χ0) is 13.1. The van der Waals surface area contributed by atoms with Crippen LogP contribution in [0.15, 0.2) is 16.9 Å². The Morgan fingerprint density at radius 3 is 2.67 bits per heavy atom. The molecule has 0 aliphatic heterocycles. The molecule has 0 atom stereocenters. The number of imidazole rings is 1. The second kappa shape index (κ2) is 5.48. The van der Waals surface area contributed by atoms with Crippen LogP contribution < -0.4 is 5.32 Å². The predicted octanol–water partition coefficient (Wildman–Crippen LogP) is 2.63. The first-order valence-corrected chi connectivity index (χ1v) is 6.74. The number of rotatable bonds is 4. The number of hydrogen-bond acceptors (Lipinski definition) is 4. The van der Waals surface area contributed by atoms with Gasteiger partial charge in [-0.1, -0.05) is 6.92 Å². The van der Waals surface area contributed by atoms with E-state index in [0.29, 0.717) is 5.82 Å². The maximum absolute atomic E-state index is 4.56. The summed E-state index contributed by atoms with van der Waals surface area (Å²) in [6.45, 7) is 4.93. The van der Waals surface area contributed by atoms with Gasteiger partial charge >= 0.3 is 0 Å². The standard InChI is InChI=1S/C12H16BrN5/c1-4-8-9(13)10(14-5-2)17-11(16-8)12-15-6-7-18(12)3/h6-7H,4-5H2,1-3H3,(H,14,16,17). The molecular formula is C12H16BrN5. The van der Waals surface area contributed by atoms with Crippen molar-refractivity contribution in [3.8, 4) is 11.6 Å². The molecule has 0 saturated carbocycles. The molecule has 2 heterocycles. The Balaban J connectivity index is 2.55. The molecule has 18 heavy (non-hydrogen) atoms. The van der Waals surface area contributed by atoms with Gasteiger partial charge < -0.3 is 9.88 Å². The van der Waals surface area contributed by atoms with Crippen molar-refractivity contribution in [1.29, 1.82) is 0 Å². The monoisotopic (exact) mass is 309 g/mol. The van der Waals surface area contributed by atoms with E-state index in [1.807, 2.05) is 24.7 Å². The number of nitrogens with zero attached hydrogens (tertiary/aromatic N) is 4. The van der Waals surface area contributed by atoms with Crippen molar-refractivity contribution in [1.82, 2.24) is 19.5 Å². The summed E-state index contributed by atoms with van der Waals surface area (Å²) in [5.74, 6) is 2.25. The smallest absolute Gasteiger partial charge is 0.198 e. The average Bonchev–Trinajstić information content (AvgIpc) is 2.78. The summed E-state index contributed by atoms with van der Waals surface area (Å²) < 4.78 is 2.85. The lowest BCUT2D eigenvalue weighted by atomic mass is 10.3. The van der Waals surface area contributed by atoms with Gasteiger partial charge in [-0.15, -0.1) is 0 Å². The van der Waals surface area contributed by atoms with Crippen LogP contribution in [0.3, 0.4) is 0 Å². The second-order valence-electron chi connectivity index (χ2n) is 3.90. The molecule has 2 aromatic rings. The van der Waals surface area contributed by atoms with E-state index in [-0.39, 0.29) is 0 Å². The summed E-state index contributed by atoms with van der Waals surface area (Å²) >= 11 is 3.54. The van der Waals surface area contributed by atoms with Crippen molar-refractivity contribution >= 4 is 21.7 Å². The van der Waals surface area contributed by atoms with Crippen LogP contribution in [0, 0.1) is 0 Å². The molecule has 0 saturated heterocycles. The Kier molecular flexibility index (Phi) is 3.96. The fourth-order valence-electron chi connectivity index (χ4n) is 1.69. The van der Waals surface area contributed by atoms with E-state index in [1.165, 1.54) is 0 Å². The van der Waals surface area contributed by atoms with Crippen molar-refractivity contribution in [2.75, 3.05) is 11.9 Å². The Labute approximate surface area is 115 Å². The minimum Gasteiger partial charge on any atom is -0.369 e. The summed E-state index contributed by atoms with van der Waals surface area (Å²) in [4.78, 5) is 13.4. The number of anilines is 1. The first-order valence-electron chi connectivity index (χ1n) is 5.95. The van der Waals surface area contributed by atoms with E-state index in [0.717, 1.165) is 34.8 Å². The minimum atomic E-state index is 0.651. The average molecular weight is 310 g/mol. The number of hydrogen-bond donors (Lipinski definition) is 1.